The summed E-state index contributed by atoms with van der Waals surface area (Å²) in [5, 5.41) is 3.13. The number of hydrogen-bond donors (Lipinski definition) is 1. The molecule has 22 heavy (non-hydrogen) atoms. The van der Waals surface area contributed by atoms with E-state index in [1.54, 1.807) is 0 Å². The van der Waals surface area contributed by atoms with Gasteiger partial charge in [0.05, 0.1) is 0 Å². The minimum Gasteiger partial charge on any atom is -0.325 e. The third-order valence-electron chi connectivity index (χ3n) is 3.97. The maximum Gasteiger partial charge on any atom is 0.255 e. The van der Waals surface area contributed by atoms with Gasteiger partial charge < -0.3 is 5.32 Å². The van der Waals surface area contributed by atoms with Gasteiger partial charge in [0.1, 0.15) is 0 Å². The molecule has 3 heteroatoms. The summed E-state index contributed by atoms with van der Waals surface area (Å²) in [6.07, 6.45) is 4.22. The fraction of sp³-hybridized carbons (Fsp3) is 0.211. The zero-order valence-corrected chi connectivity index (χ0v) is 13.9. The number of nitrogens with one attached hydrogen (secondary N) is 1. The quantitative estimate of drug-likeness (QED) is 0.808. The summed E-state index contributed by atoms with van der Waals surface area (Å²) in [6, 6.07) is 17.6. The molecule has 1 N–H and O–H groups in total. The fourth-order valence-corrected chi connectivity index (χ4v) is 3.37. The zero-order chi connectivity index (χ0) is 15.4. The fourth-order valence-electron chi connectivity index (χ4n) is 2.85. The second-order valence-electron chi connectivity index (χ2n) is 5.46. The summed E-state index contributed by atoms with van der Waals surface area (Å²) >= 11 is 3.62. The largest absolute Gasteiger partial charge is 0.325 e. The Balaban J connectivity index is 1.92. The van der Waals surface area contributed by atoms with Crippen molar-refractivity contribution in [2.24, 2.45) is 0 Å². The van der Waals surface area contributed by atoms with Crippen LogP contribution in [-0.2, 0) is 0 Å². The molecule has 0 heterocycles. The molecule has 0 fully saturated rings. The van der Waals surface area contributed by atoms with Crippen LogP contribution in [0.15, 0.2) is 64.8 Å². The van der Waals surface area contributed by atoms with Crippen molar-refractivity contribution < 1.29 is 4.79 Å². The lowest BCUT2D eigenvalue weighted by atomic mass is 9.91. The number of carbonyl (C=O) groups excluding carboxylic acids is 1. The first-order valence-electron chi connectivity index (χ1n) is 7.59. The van der Waals surface area contributed by atoms with Gasteiger partial charge in [0, 0.05) is 15.7 Å². The first-order valence-corrected chi connectivity index (χ1v) is 8.38. The summed E-state index contributed by atoms with van der Waals surface area (Å²) in [5.41, 5.74) is 4.20. The van der Waals surface area contributed by atoms with Gasteiger partial charge in [-0.25, -0.2) is 0 Å². The first kappa shape index (κ1) is 15.0. The highest BCUT2D eigenvalue weighted by Gasteiger charge is 2.18. The van der Waals surface area contributed by atoms with Crippen LogP contribution < -0.4 is 5.32 Å². The highest BCUT2D eigenvalue weighted by molar-refractivity contribution is 9.10. The lowest BCUT2D eigenvalue weighted by Crippen LogP contribution is -2.25. The smallest absolute Gasteiger partial charge is 0.255 e. The van der Waals surface area contributed by atoms with Crippen molar-refractivity contribution in [2.75, 3.05) is 0 Å². The number of amides is 1. The van der Waals surface area contributed by atoms with Crippen molar-refractivity contribution in [3.8, 4) is 0 Å². The van der Waals surface area contributed by atoms with Crippen molar-refractivity contribution in [3.05, 3.63) is 75.9 Å². The molecule has 0 unspecified atom stereocenters. The van der Waals surface area contributed by atoms with Gasteiger partial charge in [-0.3, -0.25) is 4.79 Å². The van der Waals surface area contributed by atoms with E-state index in [1.807, 2.05) is 48.5 Å². The molecule has 0 saturated heterocycles. The molecule has 1 amide bonds. The minimum absolute atomic E-state index is 0.0259. The van der Waals surface area contributed by atoms with Gasteiger partial charge in [0.15, 0.2) is 0 Å². The van der Waals surface area contributed by atoms with Crippen LogP contribution in [0.1, 0.15) is 41.6 Å². The Hall–Kier alpha value is -1.87. The van der Waals surface area contributed by atoms with E-state index in [0.717, 1.165) is 29.4 Å². The summed E-state index contributed by atoms with van der Waals surface area (Å²) < 4.78 is 1.08. The van der Waals surface area contributed by atoms with Crippen molar-refractivity contribution >= 4 is 27.4 Å². The standard InChI is InChI=1S/C19H18BrNO/c20-17-12-6-4-10-15(17)16-11-5-7-13-18(16)21-19(22)14-8-2-1-3-9-14/h1-4,6,8-10,12H,5,7,11,13H2,(H,21,22). The molecule has 2 aromatic rings. The SMILES string of the molecule is O=C(NC1=C(c2ccccc2Br)CCCC1)c1ccccc1. The maximum absolute atomic E-state index is 12.4. The molecule has 0 spiro atoms. The van der Waals surface area contributed by atoms with Gasteiger partial charge in [-0.05, 0) is 55.0 Å². The highest BCUT2D eigenvalue weighted by atomic mass is 79.9. The molecule has 0 saturated carbocycles. The number of benzene rings is 2. The Morgan fingerprint density at radius 3 is 2.36 bits per heavy atom. The lowest BCUT2D eigenvalue weighted by molar-refractivity contribution is 0.0964. The Kier molecular flexibility index (Phi) is 4.74. The summed E-state index contributed by atoms with van der Waals surface area (Å²) in [4.78, 5) is 12.4. The molecule has 0 aromatic heterocycles. The Bertz CT molecular complexity index is 706. The third-order valence-corrected chi connectivity index (χ3v) is 4.66. The second-order valence-corrected chi connectivity index (χ2v) is 6.32. The monoisotopic (exact) mass is 355 g/mol. The molecular formula is C19H18BrNO. The third kappa shape index (κ3) is 3.30. The molecule has 112 valence electrons. The molecule has 3 rings (SSSR count). The number of carbonyl (C=O) groups is 1. The van der Waals surface area contributed by atoms with Crippen LogP contribution in [0.25, 0.3) is 5.57 Å². The zero-order valence-electron chi connectivity index (χ0n) is 12.3. The van der Waals surface area contributed by atoms with Crippen LogP contribution >= 0.6 is 15.9 Å². The van der Waals surface area contributed by atoms with E-state index in [0.29, 0.717) is 5.56 Å². The molecule has 0 bridgehead atoms. The van der Waals surface area contributed by atoms with E-state index in [2.05, 4.69) is 27.3 Å². The molecule has 2 nitrogen and oxygen atoms in total. The molecule has 0 aliphatic heterocycles. The van der Waals surface area contributed by atoms with Crippen molar-refractivity contribution in [1.82, 2.24) is 5.32 Å². The van der Waals surface area contributed by atoms with Gasteiger partial charge >= 0.3 is 0 Å². The molecule has 1 aliphatic carbocycles. The van der Waals surface area contributed by atoms with Crippen LogP contribution in [0.2, 0.25) is 0 Å². The summed E-state index contributed by atoms with van der Waals surface area (Å²) in [5.74, 6) is -0.0259. The van der Waals surface area contributed by atoms with Gasteiger partial charge in [-0.2, -0.15) is 0 Å². The first-order chi connectivity index (χ1) is 10.8. The predicted octanol–water partition coefficient (Wildman–Crippen LogP) is 5.16. The highest BCUT2D eigenvalue weighted by Crippen LogP contribution is 2.34. The van der Waals surface area contributed by atoms with E-state index < -0.39 is 0 Å². The van der Waals surface area contributed by atoms with Crippen molar-refractivity contribution in [3.63, 3.8) is 0 Å². The van der Waals surface area contributed by atoms with Crippen molar-refractivity contribution in [1.29, 1.82) is 0 Å². The van der Waals surface area contributed by atoms with Gasteiger partial charge in [-0.15, -0.1) is 0 Å². The Morgan fingerprint density at radius 2 is 1.59 bits per heavy atom. The van der Waals surface area contributed by atoms with Crippen LogP contribution in [0.3, 0.4) is 0 Å². The average Bonchev–Trinajstić information content (AvgIpc) is 2.57. The molecular weight excluding hydrogens is 338 g/mol. The van der Waals surface area contributed by atoms with Gasteiger partial charge in [0.25, 0.3) is 5.91 Å². The minimum atomic E-state index is -0.0259. The molecule has 0 radical (unpaired) electrons. The van der Waals surface area contributed by atoms with E-state index in [9.17, 15) is 4.79 Å². The normalized spacial score (nSPS) is 14.8. The van der Waals surface area contributed by atoms with Gasteiger partial charge in [0.2, 0.25) is 0 Å². The summed E-state index contributed by atoms with van der Waals surface area (Å²) in [6.45, 7) is 0. The number of hydrogen-bond acceptors (Lipinski definition) is 1. The number of rotatable bonds is 3. The van der Waals surface area contributed by atoms with Crippen LogP contribution in [-0.4, -0.2) is 5.91 Å². The number of allylic oxidation sites excluding steroid dienone is 2. The van der Waals surface area contributed by atoms with E-state index >= 15 is 0 Å². The average molecular weight is 356 g/mol. The van der Waals surface area contributed by atoms with Crippen LogP contribution in [0.5, 0.6) is 0 Å². The van der Waals surface area contributed by atoms with Crippen LogP contribution in [0.4, 0.5) is 0 Å². The van der Waals surface area contributed by atoms with Gasteiger partial charge in [-0.1, -0.05) is 52.3 Å². The summed E-state index contributed by atoms with van der Waals surface area (Å²) in [7, 11) is 0. The topological polar surface area (TPSA) is 29.1 Å². The molecule has 0 atom stereocenters. The lowest BCUT2D eigenvalue weighted by Gasteiger charge is -2.22. The Morgan fingerprint density at radius 1 is 0.909 bits per heavy atom. The van der Waals surface area contributed by atoms with E-state index in [-0.39, 0.29) is 5.91 Å². The molecule has 2 aromatic carbocycles. The Labute approximate surface area is 139 Å². The number of halogens is 1. The van der Waals surface area contributed by atoms with Crippen molar-refractivity contribution in [2.45, 2.75) is 25.7 Å². The van der Waals surface area contributed by atoms with Crippen LogP contribution in [0, 0.1) is 0 Å². The predicted molar refractivity (Wildman–Crippen MR) is 93.4 cm³/mol. The molecule has 1 aliphatic rings. The maximum atomic E-state index is 12.4. The second kappa shape index (κ2) is 6.93. The van der Waals surface area contributed by atoms with E-state index in [4.69, 9.17) is 0 Å². The van der Waals surface area contributed by atoms with E-state index in [1.165, 1.54) is 17.6 Å².